The number of nitrogens with zero attached hydrogens (tertiary/aromatic N) is 6. The van der Waals surface area contributed by atoms with E-state index in [0.29, 0.717) is 6.07 Å². The van der Waals surface area contributed by atoms with E-state index in [9.17, 15) is 32.0 Å². The van der Waals surface area contributed by atoms with Gasteiger partial charge in [0.25, 0.3) is 18.3 Å². The normalized spacial score (nSPS) is 12.8. The number of nitriles is 1. The summed E-state index contributed by atoms with van der Waals surface area (Å²) in [6.45, 7) is 3.56. The Morgan fingerprint density at radius 2 is 1.81 bits per heavy atom. The van der Waals surface area contributed by atoms with Gasteiger partial charge in [0.1, 0.15) is 6.61 Å². The van der Waals surface area contributed by atoms with E-state index in [2.05, 4.69) is 41.3 Å². The monoisotopic (exact) mass is 587 g/mol. The van der Waals surface area contributed by atoms with Crippen LogP contribution in [-0.2, 0) is 11.6 Å². The molecule has 1 amide bonds. The van der Waals surface area contributed by atoms with Crippen LogP contribution in [0.15, 0.2) is 35.3 Å². The highest BCUT2D eigenvalue weighted by Gasteiger charge is 2.34. The largest absolute Gasteiger partial charge is 0.484 e. The van der Waals surface area contributed by atoms with Crippen molar-refractivity contribution in [3.63, 3.8) is 0 Å². The van der Waals surface area contributed by atoms with Gasteiger partial charge in [0.05, 0.1) is 35.5 Å². The summed E-state index contributed by atoms with van der Waals surface area (Å²) in [5.74, 6) is -0.774. The molecule has 1 N–H and O–H groups in total. The Morgan fingerprint density at radius 3 is 2.38 bits per heavy atom. The number of hydrogen-bond donors (Lipinski definition) is 1. The lowest BCUT2D eigenvalue weighted by atomic mass is 9.84. The number of amides is 1. The predicted octanol–water partition coefficient (Wildman–Crippen LogP) is 4.77. The second-order valence-corrected chi connectivity index (χ2v) is 9.01. The highest BCUT2D eigenvalue weighted by molar-refractivity contribution is 9.10. The zero-order valence-electron chi connectivity index (χ0n) is 19.5. The maximum absolute atomic E-state index is 13.5. The van der Waals surface area contributed by atoms with Gasteiger partial charge in [0.15, 0.2) is 11.6 Å². The molecule has 0 radical (unpaired) electrons. The van der Waals surface area contributed by atoms with Gasteiger partial charge in [0.2, 0.25) is 4.73 Å². The van der Waals surface area contributed by atoms with Crippen molar-refractivity contribution in [3.05, 3.63) is 57.8 Å². The standard InChI is InChI=1S/C22H19BrF5N7O2/c1-11(17-33-19(23)34-35(17)20-30-7-15(8-31-20)37-9-16(24)25)32-18(36)12-4-13(21(2,3)10-29)6-14(5-12)22(26,27)28/h4-8,11,16H,9H2,1-3H3,(H,32,36). The van der Waals surface area contributed by atoms with Crippen LogP contribution < -0.4 is 10.1 Å². The zero-order valence-corrected chi connectivity index (χ0v) is 21.1. The third kappa shape index (κ3) is 6.76. The molecule has 37 heavy (non-hydrogen) atoms. The summed E-state index contributed by atoms with van der Waals surface area (Å²) in [7, 11) is 0. The van der Waals surface area contributed by atoms with Crippen LogP contribution in [-0.4, -0.2) is 43.7 Å². The molecule has 0 aliphatic carbocycles. The average Bonchev–Trinajstić information content (AvgIpc) is 3.24. The first-order valence-corrected chi connectivity index (χ1v) is 11.3. The molecule has 0 saturated heterocycles. The number of rotatable bonds is 8. The van der Waals surface area contributed by atoms with E-state index in [1.165, 1.54) is 26.8 Å². The quantitative estimate of drug-likeness (QED) is 0.377. The van der Waals surface area contributed by atoms with Crippen LogP contribution in [0.3, 0.4) is 0 Å². The number of carbonyl (C=O) groups excluding carboxylic acids is 1. The summed E-state index contributed by atoms with van der Waals surface area (Å²) >= 11 is 3.11. The molecule has 0 spiro atoms. The fourth-order valence-electron chi connectivity index (χ4n) is 3.07. The van der Waals surface area contributed by atoms with Crippen molar-refractivity contribution >= 4 is 21.8 Å². The summed E-state index contributed by atoms with van der Waals surface area (Å²) < 4.78 is 71.2. The summed E-state index contributed by atoms with van der Waals surface area (Å²) in [4.78, 5) is 25.1. The lowest BCUT2D eigenvalue weighted by Crippen LogP contribution is -2.30. The lowest BCUT2D eigenvalue weighted by molar-refractivity contribution is -0.137. The minimum absolute atomic E-state index is 0.00761. The highest BCUT2D eigenvalue weighted by atomic mass is 79.9. The van der Waals surface area contributed by atoms with E-state index in [1.807, 2.05) is 6.07 Å². The second kappa shape index (κ2) is 10.8. The van der Waals surface area contributed by atoms with Gasteiger partial charge in [0, 0.05) is 5.56 Å². The van der Waals surface area contributed by atoms with Crippen LogP contribution >= 0.6 is 15.9 Å². The fourth-order valence-corrected chi connectivity index (χ4v) is 3.41. The first-order chi connectivity index (χ1) is 17.2. The third-order valence-electron chi connectivity index (χ3n) is 5.04. The first kappa shape index (κ1) is 27.9. The topological polar surface area (TPSA) is 119 Å². The summed E-state index contributed by atoms with van der Waals surface area (Å²) in [6.07, 6.45) is -5.13. The minimum Gasteiger partial charge on any atom is -0.484 e. The molecule has 0 aliphatic rings. The SMILES string of the molecule is CC(NC(=O)c1cc(C(F)(F)F)cc(C(C)(C)C#N)c1)c1nc(Br)nn1-c1ncc(OCC(F)F)cn1. The van der Waals surface area contributed by atoms with Crippen molar-refractivity contribution in [1.82, 2.24) is 30.0 Å². The molecule has 0 fully saturated rings. The van der Waals surface area contributed by atoms with Gasteiger partial charge in [-0.25, -0.2) is 23.7 Å². The Morgan fingerprint density at radius 1 is 1.19 bits per heavy atom. The van der Waals surface area contributed by atoms with Gasteiger partial charge in [-0.2, -0.15) is 23.1 Å². The molecule has 1 aromatic carbocycles. The number of benzene rings is 1. The van der Waals surface area contributed by atoms with Gasteiger partial charge in [-0.1, -0.05) is 0 Å². The third-order valence-corrected chi connectivity index (χ3v) is 5.38. The highest BCUT2D eigenvalue weighted by Crippen LogP contribution is 2.34. The predicted molar refractivity (Wildman–Crippen MR) is 122 cm³/mol. The van der Waals surface area contributed by atoms with Gasteiger partial charge >= 0.3 is 6.18 Å². The van der Waals surface area contributed by atoms with Crippen LogP contribution in [0.2, 0.25) is 0 Å². The van der Waals surface area contributed by atoms with Crippen LogP contribution in [0.4, 0.5) is 22.0 Å². The van der Waals surface area contributed by atoms with Crippen LogP contribution in [0, 0.1) is 11.3 Å². The zero-order chi connectivity index (χ0) is 27.5. The van der Waals surface area contributed by atoms with Gasteiger partial charge in [-0.05, 0) is 60.5 Å². The number of ether oxygens (including phenoxy) is 1. The molecule has 2 heterocycles. The van der Waals surface area contributed by atoms with Crippen molar-refractivity contribution < 1.29 is 31.5 Å². The number of aromatic nitrogens is 5. The number of hydrogen-bond acceptors (Lipinski definition) is 7. The van der Waals surface area contributed by atoms with E-state index < -0.39 is 42.1 Å². The molecule has 15 heteroatoms. The number of nitrogens with one attached hydrogen (secondary N) is 1. The molecule has 2 aromatic heterocycles. The fraction of sp³-hybridized carbons (Fsp3) is 0.364. The van der Waals surface area contributed by atoms with Crippen LogP contribution in [0.5, 0.6) is 5.75 Å². The second-order valence-electron chi connectivity index (χ2n) is 8.30. The Labute approximate surface area is 215 Å². The molecule has 9 nitrogen and oxygen atoms in total. The Bertz CT molecular complexity index is 1320. The molecule has 0 saturated carbocycles. The van der Waals surface area contributed by atoms with E-state index in [1.54, 1.807) is 0 Å². The van der Waals surface area contributed by atoms with Crippen LogP contribution in [0.1, 0.15) is 54.1 Å². The van der Waals surface area contributed by atoms with Crippen LogP contribution in [0.25, 0.3) is 5.95 Å². The minimum atomic E-state index is -4.74. The number of halogens is 6. The summed E-state index contributed by atoms with van der Waals surface area (Å²) in [5.41, 5.74) is -2.63. The van der Waals surface area contributed by atoms with Crippen molar-refractivity contribution in [2.75, 3.05) is 6.61 Å². The van der Waals surface area contributed by atoms with Gasteiger partial charge < -0.3 is 10.1 Å². The number of alkyl halides is 5. The molecular weight excluding hydrogens is 569 g/mol. The first-order valence-electron chi connectivity index (χ1n) is 10.5. The Balaban J connectivity index is 1.89. The van der Waals surface area contributed by atoms with Crippen molar-refractivity contribution in [3.8, 4) is 17.8 Å². The van der Waals surface area contributed by atoms with E-state index >= 15 is 0 Å². The van der Waals surface area contributed by atoms with Crippen molar-refractivity contribution in [2.24, 2.45) is 0 Å². The molecule has 1 unspecified atom stereocenters. The summed E-state index contributed by atoms with van der Waals surface area (Å²) in [6, 6.07) is 3.79. The molecule has 3 rings (SSSR count). The lowest BCUT2D eigenvalue weighted by Gasteiger charge is -2.20. The maximum atomic E-state index is 13.5. The van der Waals surface area contributed by atoms with E-state index in [0.717, 1.165) is 23.1 Å². The number of carbonyl (C=O) groups is 1. The van der Waals surface area contributed by atoms with Crippen molar-refractivity contribution in [1.29, 1.82) is 5.26 Å². The molecule has 196 valence electrons. The molecule has 1 atom stereocenters. The smallest absolute Gasteiger partial charge is 0.416 e. The van der Waals surface area contributed by atoms with E-state index in [4.69, 9.17) is 4.74 Å². The summed E-state index contributed by atoms with van der Waals surface area (Å²) in [5, 5.41) is 16.0. The van der Waals surface area contributed by atoms with E-state index in [-0.39, 0.29) is 33.4 Å². The van der Waals surface area contributed by atoms with Crippen molar-refractivity contribution in [2.45, 2.75) is 44.8 Å². The molecule has 3 aromatic rings. The van der Waals surface area contributed by atoms with Gasteiger partial charge in [-0.3, -0.25) is 4.79 Å². The van der Waals surface area contributed by atoms with Gasteiger partial charge in [-0.15, -0.1) is 5.10 Å². The Hall–Kier alpha value is -3.67. The molecule has 0 bridgehead atoms. The average molecular weight is 588 g/mol. The Kier molecular flexibility index (Phi) is 8.11. The molecular formula is C22H19BrF5N7O2. The maximum Gasteiger partial charge on any atom is 0.416 e. The molecule has 0 aliphatic heterocycles.